The minimum absolute atomic E-state index is 0.507. The average molecular weight is 246 g/mol. The third-order valence-corrected chi connectivity index (χ3v) is 3.80. The van der Waals surface area contributed by atoms with Gasteiger partial charge in [0.15, 0.2) is 0 Å². The largest absolute Gasteiger partial charge is 0.329 e. The van der Waals surface area contributed by atoms with E-state index in [1.165, 1.54) is 37.9 Å². The summed E-state index contributed by atoms with van der Waals surface area (Å²) < 4.78 is 0. The van der Waals surface area contributed by atoms with Crippen LogP contribution in [0.15, 0.2) is 30.3 Å². The highest BCUT2D eigenvalue weighted by molar-refractivity contribution is 5.16. The van der Waals surface area contributed by atoms with E-state index in [9.17, 15) is 0 Å². The van der Waals surface area contributed by atoms with Crippen molar-refractivity contribution in [3.63, 3.8) is 0 Å². The first-order valence-electron chi connectivity index (χ1n) is 7.31. The summed E-state index contributed by atoms with van der Waals surface area (Å²) in [6.07, 6.45) is 5.15. The Morgan fingerprint density at radius 2 is 2.00 bits per heavy atom. The van der Waals surface area contributed by atoms with Gasteiger partial charge in [-0.05, 0) is 43.7 Å². The van der Waals surface area contributed by atoms with Gasteiger partial charge in [0, 0.05) is 19.1 Å². The van der Waals surface area contributed by atoms with E-state index in [1.54, 1.807) is 0 Å². The van der Waals surface area contributed by atoms with Crippen molar-refractivity contribution >= 4 is 0 Å². The normalized spacial score (nSPS) is 17.1. The van der Waals surface area contributed by atoms with Crippen LogP contribution in [0.1, 0.15) is 31.7 Å². The Balaban J connectivity index is 1.95. The number of nitrogens with zero attached hydrogens (tertiary/aromatic N) is 1. The maximum absolute atomic E-state index is 6.01. The predicted molar refractivity (Wildman–Crippen MR) is 77.6 cm³/mol. The van der Waals surface area contributed by atoms with Crippen molar-refractivity contribution in [2.45, 2.75) is 38.6 Å². The van der Waals surface area contributed by atoms with Crippen molar-refractivity contribution in [2.75, 3.05) is 19.6 Å². The van der Waals surface area contributed by atoms with Crippen molar-refractivity contribution in [3.05, 3.63) is 35.9 Å². The molecule has 1 fully saturated rings. The van der Waals surface area contributed by atoms with Crippen molar-refractivity contribution in [2.24, 2.45) is 11.7 Å². The van der Waals surface area contributed by atoms with Crippen LogP contribution in [0.2, 0.25) is 0 Å². The van der Waals surface area contributed by atoms with E-state index in [2.05, 4.69) is 42.2 Å². The van der Waals surface area contributed by atoms with E-state index in [0.717, 1.165) is 18.9 Å². The minimum atomic E-state index is 0.507. The van der Waals surface area contributed by atoms with Gasteiger partial charge in [-0.2, -0.15) is 0 Å². The molecule has 0 amide bonds. The molecule has 0 radical (unpaired) electrons. The van der Waals surface area contributed by atoms with Crippen molar-refractivity contribution in [1.29, 1.82) is 0 Å². The summed E-state index contributed by atoms with van der Waals surface area (Å²) in [5.74, 6) is 0.946. The molecule has 1 aliphatic carbocycles. The molecule has 18 heavy (non-hydrogen) atoms. The number of hydrogen-bond acceptors (Lipinski definition) is 2. The van der Waals surface area contributed by atoms with E-state index in [0.29, 0.717) is 6.04 Å². The van der Waals surface area contributed by atoms with Gasteiger partial charge in [-0.25, -0.2) is 0 Å². The number of rotatable bonds is 8. The lowest BCUT2D eigenvalue weighted by Crippen LogP contribution is -2.43. The van der Waals surface area contributed by atoms with Gasteiger partial charge in [-0.3, -0.25) is 4.90 Å². The molecule has 2 heteroatoms. The Morgan fingerprint density at radius 3 is 2.56 bits per heavy atom. The summed E-state index contributed by atoms with van der Waals surface area (Å²) in [5, 5.41) is 0. The quantitative estimate of drug-likeness (QED) is 0.764. The second kappa shape index (κ2) is 6.91. The zero-order valence-corrected chi connectivity index (χ0v) is 11.5. The molecule has 2 N–H and O–H groups in total. The molecule has 0 aliphatic heterocycles. The molecule has 2 nitrogen and oxygen atoms in total. The smallest absolute Gasteiger partial charge is 0.0258 e. The zero-order chi connectivity index (χ0) is 12.8. The summed E-state index contributed by atoms with van der Waals surface area (Å²) in [4.78, 5) is 2.62. The fourth-order valence-corrected chi connectivity index (χ4v) is 2.59. The fraction of sp³-hybridized carbons (Fsp3) is 0.625. The maximum atomic E-state index is 6.01. The van der Waals surface area contributed by atoms with Crippen molar-refractivity contribution in [1.82, 2.24) is 4.90 Å². The van der Waals surface area contributed by atoms with Gasteiger partial charge < -0.3 is 5.73 Å². The molecule has 0 bridgehead atoms. The lowest BCUT2D eigenvalue weighted by Gasteiger charge is -2.31. The Kier molecular flexibility index (Phi) is 5.21. The Bertz CT molecular complexity index is 332. The van der Waals surface area contributed by atoms with E-state index in [4.69, 9.17) is 5.73 Å². The molecule has 1 unspecified atom stereocenters. The van der Waals surface area contributed by atoms with E-state index < -0.39 is 0 Å². The van der Waals surface area contributed by atoms with Crippen LogP contribution in [0.25, 0.3) is 0 Å². The topological polar surface area (TPSA) is 29.3 Å². The first-order chi connectivity index (χ1) is 8.83. The number of nitrogens with two attached hydrogens (primary N) is 1. The molecule has 100 valence electrons. The standard InChI is InChI=1S/C16H26N2/c1-2-10-18(13-15-8-9-15)16(12-17)11-14-6-4-3-5-7-14/h3-7,15-16H,2,8-13,17H2,1H3. The summed E-state index contributed by atoms with van der Waals surface area (Å²) in [7, 11) is 0. The molecule has 0 heterocycles. The highest BCUT2D eigenvalue weighted by atomic mass is 15.2. The van der Waals surface area contributed by atoms with Crippen LogP contribution < -0.4 is 5.73 Å². The van der Waals surface area contributed by atoms with Gasteiger partial charge in [-0.1, -0.05) is 37.3 Å². The molecule has 1 aromatic rings. The monoisotopic (exact) mass is 246 g/mol. The number of hydrogen-bond donors (Lipinski definition) is 1. The molecule has 2 rings (SSSR count). The third kappa shape index (κ3) is 4.11. The lowest BCUT2D eigenvalue weighted by atomic mass is 10.0. The molecular formula is C16H26N2. The molecule has 1 atom stereocenters. The van der Waals surface area contributed by atoms with Crippen LogP contribution in [0.3, 0.4) is 0 Å². The SMILES string of the molecule is CCCN(CC1CC1)C(CN)Cc1ccccc1. The van der Waals surface area contributed by atoms with E-state index in [1.807, 2.05) is 0 Å². The van der Waals surface area contributed by atoms with Crippen LogP contribution in [0.5, 0.6) is 0 Å². The first-order valence-corrected chi connectivity index (χ1v) is 7.31. The highest BCUT2D eigenvalue weighted by Gasteiger charge is 2.27. The van der Waals surface area contributed by atoms with Crippen molar-refractivity contribution in [3.8, 4) is 0 Å². The van der Waals surface area contributed by atoms with Gasteiger partial charge in [0.1, 0.15) is 0 Å². The highest BCUT2D eigenvalue weighted by Crippen LogP contribution is 2.30. The van der Waals surface area contributed by atoms with Gasteiger partial charge in [0.2, 0.25) is 0 Å². The van der Waals surface area contributed by atoms with Crippen LogP contribution in [0, 0.1) is 5.92 Å². The first kappa shape index (κ1) is 13.6. The maximum Gasteiger partial charge on any atom is 0.0258 e. The van der Waals surface area contributed by atoms with E-state index in [-0.39, 0.29) is 0 Å². The van der Waals surface area contributed by atoms with Crippen molar-refractivity contribution < 1.29 is 0 Å². The molecule has 1 aromatic carbocycles. The molecule has 0 spiro atoms. The van der Waals surface area contributed by atoms with Gasteiger partial charge in [0.25, 0.3) is 0 Å². The number of benzene rings is 1. The molecule has 0 saturated heterocycles. The summed E-state index contributed by atoms with van der Waals surface area (Å²) in [6.45, 7) is 5.46. The molecule has 1 aliphatic rings. The average Bonchev–Trinajstić information content (AvgIpc) is 3.21. The lowest BCUT2D eigenvalue weighted by molar-refractivity contribution is 0.190. The predicted octanol–water partition coefficient (Wildman–Crippen LogP) is 2.68. The van der Waals surface area contributed by atoms with Gasteiger partial charge >= 0.3 is 0 Å². The Morgan fingerprint density at radius 1 is 1.28 bits per heavy atom. The third-order valence-electron chi connectivity index (χ3n) is 3.80. The van der Waals surface area contributed by atoms with Crippen LogP contribution in [-0.2, 0) is 6.42 Å². The van der Waals surface area contributed by atoms with Crippen LogP contribution in [-0.4, -0.2) is 30.6 Å². The second-order valence-corrected chi connectivity index (χ2v) is 5.52. The fourth-order valence-electron chi connectivity index (χ4n) is 2.59. The summed E-state index contributed by atoms with van der Waals surface area (Å²) in [6, 6.07) is 11.2. The second-order valence-electron chi connectivity index (χ2n) is 5.52. The van der Waals surface area contributed by atoms with Gasteiger partial charge in [-0.15, -0.1) is 0 Å². The Hall–Kier alpha value is -0.860. The van der Waals surface area contributed by atoms with E-state index >= 15 is 0 Å². The summed E-state index contributed by atoms with van der Waals surface area (Å²) in [5.41, 5.74) is 7.41. The molecular weight excluding hydrogens is 220 g/mol. The summed E-state index contributed by atoms with van der Waals surface area (Å²) >= 11 is 0. The Labute approximate surface area is 111 Å². The zero-order valence-electron chi connectivity index (χ0n) is 11.5. The molecule has 1 saturated carbocycles. The van der Waals surface area contributed by atoms with Crippen LogP contribution >= 0.6 is 0 Å². The molecule has 0 aromatic heterocycles. The van der Waals surface area contributed by atoms with Gasteiger partial charge in [0.05, 0.1) is 0 Å². The van der Waals surface area contributed by atoms with Crippen LogP contribution in [0.4, 0.5) is 0 Å². The minimum Gasteiger partial charge on any atom is -0.329 e.